The van der Waals surface area contributed by atoms with Crippen molar-refractivity contribution in [1.82, 2.24) is 0 Å². The molecule has 2 nitrogen and oxygen atoms in total. The Morgan fingerprint density at radius 1 is 0.514 bits per heavy atom. The minimum Gasteiger partial charge on any atom is -0.418 e. The van der Waals surface area contributed by atoms with Crippen LogP contribution in [0.5, 0.6) is 0 Å². The van der Waals surface area contributed by atoms with Crippen molar-refractivity contribution in [2.45, 2.75) is 0 Å². The third-order valence-electron chi connectivity index (χ3n) is 4.22. The van der Waals surface area contributed by atoms with E-state index in [1.807, 2.05) is 48.0 Å². The Hall–Kier alpha value is -3.69. The highest BCUT2D eigenvalue weighted by Gasteiger charge is 2.21. The van der Waals surface area contributed by atoms with Gasteiger partial charge in [0, 0.05) is 17.7 Å². The molecule has 2 heterocycles. The maximum atomic E-state index is 9.75. The van der Waals surface area contributed by atoms with E-state index in [-0.39, 0.29) is 0 Å². The van der Waals surface area contributed by atoms with E-state index in [4.69, 9.17) is 4.42 Å². The summed E-state index contributed by atoms with van der Waals surface area (Å²) < 4.78 is 86.3. The summed E-state index contributed by atoms with van der Waals surface area (Å²) in [5.41, 5.74) is 4.46. The van der Waals surface area contributed by atoms with E-state index in [9.17, 15) is 34.5 Å². The zero-order chi connectivity index (χ0) is 26.1. The smallest absolute Gasteiger partial charge is 0.418 e. The van der Waals surface area contributed by atoms with Gasteiger partial charge in [0.15, 0.2) is 12.4 Å². The van der Waals surface area contributed by atoms with Crippen molar-refractivity contribution in [3.63, 3.8) is 0 Å². The third-order valence-corrected chi connectivity index (χ3v) is 4.22. The molecular formula is C23H19B2F8NO. The predicted octanol–water partition coefficient (Wildman–Crippen LogP) is 7.99. The normalized spacial score (nSPS) is 11.0. The van der Waals surface area contributed by atoms with Gasteiger partial charge in [-0.15, -0.1) is 0 Å². The Morgan fingerprint density at radius 2 is 0.857 bits per heavy atom. The summed E-state index contributed by atoms with van der Waals surface area (Å²) in [6.45, 7) is 0. The van der Waals surface area contributed by atoms with Gasteiger partial charge in [0.05, 0.1) is 23.3 Å². The molecule has 4 rings (SSSR count). The van der Waals surface area contributed by atoms with Crippen molar-refractivity contribution in [3.05, 3.63) is 97.3 Å². The number of pyridine rings is 1. The Balaban J connectivity index is 0.000000368. The zero-order valence-electron chi connectivity index (χ0n) is 18.3. The topological polar surface area (TPSA) is 15.2 Å². The number of benzene rings is 2. The van der Waals surface area contributed by atoms with E-state index in [1.54, 1.807) is 0 Å². The fourth-order valence-corrected chi connectivity index (χ4v) is 2.85. The van der Waals surface area contributed by atoms with Gasteiger partial charge in [-0.25, -0.2) is 8.98 Å². The first-order valence-corrected chi connectivity index (χ1v) is 10.1. The lowest BCUT2D eigenvalue weighted by atomic mass is 10.0. The molecule has 0 fully saturated rings. The van der Waals surface area contributed by atoms with Gasteiger partial charge >= 0.3 is 26.0 Å². The van der Waals surface area contributed by atoms with Crippen LogP contribution in [-0.4, -0.2) is 14.5 Å². The molecule has 0 radical (unpaired) electrons. The predicted molar refractivity (Wildman–Crippen MR) is 121 cm³/mol. The molecule has 2 aromatic carbocycles. The highest BCUT2D eigenvalue weighted by Crippen LogP contribution is 2.32. The van der Waals surface area contributed by atoms with Crippen molar-refractivity contribution in [2.24, 2.45) is 7.05 Å². The van der Waals surface area contributed by atoms with Crippen LogP contribution in [0.15, 0.2) is 102 Å². The second-order valence-electron chi connectivity index (χ2n) is 7.05. The van der Waals surface area contributed by atoms with Crippen LogP contribution < -0.4 is 4.57 Å². The number of aryl methyl sites for hydroxylation is 1. The van der Waals surface area contributed by atoms with Crippen LogP contribution in [0.25, 0.3) is 33.8 Å². The molecule has 0 unspecified atom stereocenters. The minimum atomic E-state index is -6.00. The molecule has 0 saturated heterocycles. The van der Waals surface area contributed by atoms with Gasteiger partial charge in [-0.05, 0) is 29.8 Å². The van der Waals surface area contributed by atoms with Gasteiger partial charge in [0.2, 0.25) is 0 Å². The van der Waals surface area contributed by atoms with E-state index in [0.29, 0.717) is 0 Å². The molecule has 35 heavy (non-hydrogen) atoms. The van der Waals surface area contributed by atoms with Crippen molar-refractivity contribution < 1.29 is 43.5 Å². The molecule has 0 bridgehead atoms. The Bertz CT molecular complexity index is 1100. The Labute approximate surface area is 196 Å². The molecule has 184 valence electrons. The van der Waals surface area contributed by atoms with Gasteiger partial charge in [-0.3, -0.25) is 0 Å². The van der Waals surface area contributed by atoms with Crippen LogP contribution in [0.1, 0.15) is 0 Å². The van der Waals surface area contributed by atoms with Crippen molar-refractivity contribution >= 4 is 14.5 Å². The third kappa shape index (κ3) is 11.3. The molecule has 4 aromatic rings. The highest BCUT2D eigenvalue weighted by atomic mass is 19.5. The van der Waals surface area contributed by atoms with Crippen LogP contribution in [-0.2, 0) is 7.05 Å². The molecule has 2 aromatic heterocycles. The lowest BCUT2D eigenvalue weighted by Crippen LogP contribution is -2.25. The first kappa shape index (κ1) is 27.6. The quantitative estimate of drug-likeness (QED) is 0.121. The second kappa shape index (κ2) is 12.1. The fourth-order valence-electron chi connectivity index (χ4n) is 2.85. The van der Waals surface area contributed by atoms with E-state index in [1.165, 1.54) is 5.56 Å². The van der Waals surface area contributed by atoms with Crippen molar-refractivity contribution in [2.75, 3.05) is 0 Å². The molecule has 0 atom stereocenters. The van der Waals surface area contributed by atoms with E-state index < -0.39 is 14.5 Å². The molecule has 0 saturated carbocycles. The molecule has 0 aliphatic carbocycles. The van der Waals surface area contributed by atoms with Crippen molar-refractivity contribution in [1.29, 1.82) is 0 Å². The summed E-state index contributed by atoms with van der Waals surface area (Å²) in [5, 5.41) is 0. The monoisotopic (exact) mass is 499 g/mol. The largest absolute Gasteiger partial charge is 0.673 e. The summed E-state index contributed by atoms with van der Waals surface area (Å²) in [6.07, 6.45) is 4.12. The molecule has 0 aliphatic rings. The van der Waals surface area contributed by atoms with Gasteiger partial charge in [-0.2, -0.15) is 0 Å². The summed E-state index contributed by atoms with van der Waals surface area (Å²) in [4.78, 5) is 0. The number of halogens is 8. The average molecular weight is 499 g/mol. The van der Waals surface area contributed by atoms with Crippen LogP contribution >= 0.6 is 0 Å². The molecule has 0 amide bonds. The standard InChI is InChI=1S/C23H19NO.2BF4/c1-24-14-12-18(13-15-24)21-16-22(19-8-4-2-5-9-19)25-23(17-21)20-10-6-3-7-11-20;2*2-1(3,4)5/h2-17H,1H3;;/q+2;2*-1. The van der Waals surface area contributed by atoms with Crippen LogP contribution in [0, 0.1) is 0 Å². The first-order chi connectivity index (χ1) is 16.3. The zero-order valence-corrected chi connectivity index (χ0v) is 18.3. The molecule has 0 spiro atoms. The number of nitrogens with zero attached hydrogens (tertiary/aromatic N) is 1. The van der Waals surface area contributed by atoms with Gasteiger partial charge in [0.25, 0.3) is 0 Å². The van der Waals surface area contributed by atoms with Gasteiger partial charge in [0.1, 0.15) is 7.05 Å². The van der Waals surface area contributed by atoms with E-state index in [2.05, 4.69) is 60.9 Å². The molecular weight excluding hydrogens is 480 g/mol. The highest BCUT2D eigenvalue weighted by molar-refractivity contribution is 6.50. The maximum absolute atomic E-state index is 9.75. The molecule has 0 N–H and O–H groups in total. The summed E-state index contributed by atoms with van der Waals surface area (Å²) in [7, 11) is -9.98. The lowest BCUT2D eigenvalue weighted by Gasteiger charge is -2.01. The molecule has 12 heteroatoms. The van der Waals surface area contributed by atoms with Crippen LogP contribution in [0.4, 0.5) is 34.5 Å². The lowest BCUT2D eigenvalue weighted by molar-refractivity contribution is -0.671. The SMILES string of the molecule is C[n+]1ccc(-c2cc(-c3ccccc3)[o+]c(-c3ccccc3)c2)cc1.F[B-](F)(F)F.F[B-](F)(F)F. The number of hydrogen-bond acceptors (Lipinski definition) is 0. The fraction of sp³-hybridized carbons (Fsp3) is 0.0435. The summed E-state index contributed by atoms with van der Waals surface area (Å²) in [6, 6.07) is 28.9. The molecule has 0 aliphatic heterocycles. The summed E-state index contributed by atoms with van der Waals surface area (Å²) in [5.74, 6) is 1.73. The summed E-state index contributed by atoms with van der Waals surface area (Å²) >= 11 is 0. The Kier molecular flexibility index (Phi) is 9.56. The second-order valence-corrected chi connectivity index (χ2v) is 7.05. The van der Waals surface area contributed by atoms with Crippen LogP contribution in [0.2, 0.25) is 0 Å². The van der Waals surface area contributed by atoms with Crippen molar-refractivity contribution in [3.8, 4) is 33.8 Å². The number of rotatable bonds is 3. The van der Waals surface area contributed by atoms with Gasteiger partial charge < -0.3 is 34.5 Å². The number of hydrogen-bond donors (Lipinski definition) is 0. The first-order valence-electron chi connectivity index (χ1n) is 10.1. The maximum Gasteiger partial charge on any atom is 0.673 e. The van der Waals surface area contributed by atoms with Gasteiger partial charge in [-0.1, -0.05) is 36.4 Å². The van der Waals surface area contributed by atoms with E-state index >= 15 is 0 Å². The number of aromatic nitrogens is 1. The average Bonchev–Trinajstić information content (AvgIpc) is 2.78. The Morgan fingerprint density at radius 3 is 1.20 bits per heavy atom. The van der Waals surface area contributed by atoms with Crippen LogP contribution in [0.3, 0.4) is 0 Å². The van der Waals surface area contributed by atoms with E-state index in [0.717, 1.165) is 28.2 Å². The minimum absolute atomic E-state index is 0.866.